The van der Waals surface area contributed by atoms with Gasteiger partial charge in [0.15, 0.2) is 0 Å². The Bertz CT molecular complexity index is 185. The predicted molar refractivity (Wildman–Crippen MR) is 46.7 cm³/mol. The molecule has 2 bridgehead atoms. The zero-order valence-corrected chi connectivity index (χ0v) is 7.47. The Balaban J connectivity index is 2.03. The maximum Gasteiger partial charge on any atom is 0.224 e. The molecule has 3 rings (SSSR count). The summed E-state index contributed by atoms with van der Waals surface area (Å²) in [5.74, 6) is 1.21. The first-order chi connectivity index (χ1) is 5.81. The first-order valence-corrected chi connectivity index (χ1v) is 4.76. The van der Waals surface area contributed by atoms with E-state index < -0.39 is 0 Å². The molecule has 3 unspecified atom stereocenters. The Labute approximate surface area is 72.9 Å². The Morgan fingerprint density at radius 3 is 2.75 bits per heavy atom. The molecule has 0 radical (unpaired) electrons. The average Bonchev–Trinajstić information content (AvgIpc) is 2.18. The highest BCUT2D eigenvalue weighted by molar-refractivity contribution is 5.79. The molecule has 0 aromatic carbocycles. The van der Waals surface area contributed by atoms with E-state index in [1.807, 2.05) is 0 Å². The van der Waals surface area contributed by atoms with Crippen LogP contribution in [-0.4, -0.2) is 25.5 Å². The minimum Gasteiger partial charge on any atom is -0.359 e. The van der Waals surface area contributed by atoms with Crippen molar-refractivity contribution in [1.29, 1.82) is 0 Å². The van der Waals surface area contributed by atoms with Crippen molar-refractivity contribution in [1.82, 2.24) is 10.6 Å². The van der Waals surface area contributed by atoms with E-state index in [2.05, 4.69) is 10.6 Å². The van der Waals surface area contributed by atoms with Crippen LogP contribution in [-0.2, 0) is 4.79 Å². The number of rotatable bonds is 1. The van der Waals surface area contributed by atoms with Crippen molar-refractivity contribution < 1.29 is 4.79 Å². The van der Waals surface area contributed by atoms with Crippen molar-refractivity contribution >= 4 is 5.91 Å². The summed E-state index contributed by atoms with van der Waals surface area (Å²) in [7, 11) is 1.73. The monoisotopic (exact) mass is 168 g/mol. The minimum atomic E-state index is 0.219. The normalized spacial score (nSPS) is 39.6. The molecule has 0 aromatic heterocycles. The number of hydrogen-bond donors (Lipinski definition) is 2. The smallest absolute Gasteiger partial charge is 0.224 e. The number of amides is 1. The zero-order valence-electron chi connectivity index (χ0n) is 7.47. The molecule has 2 saturated heterocycles. The van der Waals surface area contributed by atoms with Gasteiger partial charge in [0, 0.05) is 13.1 Å². The molecule has 1 amide bonds. The maximum absolute atomic E-state index is 11.4. The lowest BCUT2D eigenvalue weighted by Crippen LogP contribution is -2.54. The van der Waals surface area contributed by atoms with E-state index in [0.29, 0.717) is 6.04 Å². The van der Waals surface area contributed by atoms with Gasteiger partial charge in [0.2, 0.25) is 5.91 Å². The second-order valence-electron chi connectivity index (χ2n) is 3.91. The highest BCUT2D eigenvalue weighted by Crippen LogP contribution is 2.33. The van der Waals surface area contributed by atoms with E-state index in [1.54, 1.807) is 7.05 Å². The van der Waals surface area contributed by atoms with E-state index in [9.17, 15) is 4.79 Å². The van der Waals surface area contributed by atoms with Crippen LogP contribution >= 0.6 is 0 Å². The number of nitrogens with one attached hydrogen (secondary N) is 2. The fourth-order valence-electron chi connectivity index (χ4n) is 2.48. The molecule has 12 heavy (non-hydrogen) atoms. The molecule has 1 saturated carbocycles. The number of carbonyl (C=O) groups is 1. The van der Waals surface area contributed by atoms with Crippen LogP contribution in [0, 0.1) is 11.8 Å². The minimum absolute atomic E-state index is 0.219. The van der Waals surface area contributed by atoms with Crippen LogP contribution in [0.1, 0.15) is 19.3 Å². The van der Waals surface area contributed by atoms with Crippen LogP contribution in [0.2, 0.25) is 0 Å². The lowest BCUT2D eigenvalue weighted by Gasteiger charge is -2.42. The Morgan fingerprint density at radius 2 is 2.33 bits per heavy atom. The summed E-state index contributed by atoms with van der Waals surface area (Å²) in [6.07, 6.45) is 3.59. The molecular weight excluding hydrogens is 152 g/mol. The Hall–Kier alpha value is -0.570. The highest BCUT2D eigenvalue weighted by atomic mass is 16.1. The molecule has 0 spiro atoms. The number of carbonyl (C=O) groups excluding carboxylic acids is 1. The third-order valence-corrected chi connectivity index (χ3v) is 3.21. The molecule has 3 heteroatoms. The van der Waals surface area contributed by atoms with Gasteiger partial charge in [0.1, 0.15) is 0 Å². The summed E-state index contributed by atoms with van der Waals surface area (Å²) in [5.41, 5.74) is 0. The van der Waals surface area contributed by atoms with Crippen molar-refractivity contribution in [2.24, 2.45) is 11.8 Å². The van der Waals surface area contributed by atoms with Gasteiger partial charge in [-0.1, -0.05) is 0 Å². The summed E-state index contributed by atoms with van der Waals surface area (Å²) in [4.78, 5) is 11.4. The summed E-state index contributed by atoms with van der Waals surface area (Å²) in [5, 5.41) is 6.16. The fraction of sp³-hybridized carbons (Fsp3) is 0.889. The van der Waals surface area contributed by atoms with Crippen LogP contribution in [0.15, 0.2) is 0 Å². The third kappa shape index (κ3) is 1.22. The van der Waals surface area contributed by atoms with Crippen LogP contribution in [0.4, 0.5) is 0 Å². The van der Waals surface area contributed by atoms with E-state index in [1.165, 1.54) is 12.8 Å². The summed E-state index contributed by atoms with van der Waals surface area (Å²) >= 11 is 0. The molecule has 0 aromatic rings. The molecule has 3 aliphatic rings. The second-order valence-corrected chi connectivity index (χ2v) is 3.91. The molecule has 2 heterocycles. The molecule has 2 N–H and O–H groups in total. The SMILES string of the molecule is CNC(=O)C1CC2CCC1NC2. The largest absolute Gasteiger partial charge is 0.359 e. The van der Waals surface area contributed by atoms with Crippen molar-refractivity contribution in [3.63, 3.8) is 0 Å². The topological polar surface area (TPSA) is 41.1 Å². The second kappa shape index (κ2) is 3.05. The first-order valence-electron chi connectivity index (χ1n) is 4.76. The van der Waals surface area contributed by atoms with Gasteiger partial charge < -0.3 is 10.6 Å². The van der Waals surface area contributed by atoms with Crippen molar-refractivity contribution in [2.75, 3.05) is 13.6 Å². The van der Waals surface area contributed by atoms with Crippen molar-refractivity contribution in [3.05, 3.63) is 0 Å². The van der Waals surface area contributed by atoms with E-state index in [-0.39, 0.29) is 11.8 Å². The van der Waals surface area contributed by atoms with Gasteiger partial charge in [-0.25, -0.2) is 0 Å². The molecule has 2 aliphatic heterocycles. The van der Waals surface area contributed by atoms with Crippen LogP contribution < -0.4 is 10.6 Å². The molecule has 3 atom stereocenters. The first kappa shape index (κ1) is 8.05. The summed E-state index contributed by atoms with van der Waals surface area (Å²) in [6, 6.07) is 0.454. The molecule has 3 nitrogen and oxygen atoms in total. The molecule has 68 valence electrons. The maximum atomic E-state index is 11.4. The lowest BCUT2D eigenvalue weighted by molar-refractivity contribution is -0.128. The molecule has 1 aliphatic carbocycles. The number of fused-ring (bicyclic) bond motifs is 3. The van der Waals surface area contributed by atoms with Gasteiger partial charge in [0.25, 0.3) is 0 Å². The van der Waals surface area contributed by atoms with E-state index in [0.717, 1.165) is 18.9 Å². The quantitative estimate of drug-likeness (QED) is 0.584. The van der Waals surface area contributed by atoms with E-state index in [4.69, 9.17) is 0 Å². The van der Waals surface area contributed by atoms with Gasteiger partial charge in [-0.3, -0.25) is 4.79 Å². The number of piperidine rings is 2. The van der Waals surface area contributed by atoms with Gasteiger partial charge in [-0.15, -0.1) is 0 Å². The van der Waals surface area contributed by atoms with Crippen LogP contribution in [0.25, 0.3) is 0 Å². The van der Waals surface area contributed by atoms with Gasteiger partial charge in [0.05, 0.1) is 5.92 Å². The predicted octanol–water partition coefficient (Wildman–Crippen LogP) is 0.120. The van der Waals surface area contributed by atoms with Gasteiger partial charge in [-0.05, 0) is 31.7 Å². The van der Waals surface area contributed by atoms with E-state index >= 15 is 0 Å². The number of hydrogen-bond acceptors (Lipinski definition) is 2. The Kier molecular flexibility index (Phi) is 2.05. The van der Waals surface area contributed by atoms with Crippen LogP contribution in [0.3, 0.4) is 0 Å². The third-order valence-electron chi connectivity index (χ3n) is 3.21. The standard InChI is InChI=1S/C9H16N2O/c1-10-9(12)7-4-6-2-3-8(7)11-5-6/h6-8,11H,2-5H2,1H3,(H,10,12). The van der Waals surface area contributed by atoms with Gasteiger partial charge in [-0.2, -0.15) is 0 Å². The summed E-state index contributed by atoms with van der Waals surface area (Å²) in [6.45, 7) is 1.12. The van der Waals surface area contributed by atoms with Crippen LogP contribution in [0.5, 0.6) is 0 Å². The van der Waals surface area contributed by atoms with Crippen molar-refractivity contribution in [3.8, 4) is 0 Å². The molecule has 3 fully saturated rings. The highest BCUT2D eigenvalue weighted by Gasteiger charge is 2.38. The molecular formula is C9H16N2O. The summed E-state index contributed by atoms with van der Waals surface area (Å²) < 4.78 is 0. The van der Waals surface area contributed by atoms with Gasteiger partial charge >= 0.3 is 0 Å². The average molecular weight is 168 g/mol. The lowest BCUT2D eigenvalue weighted by atomic mass is 9.74. The Morgan fingerprint density at radius 1 is 1.50 bits per heavy atom. The zero-order chi connectivity index (χ0) is 8.55. The fourth-order valence-corrected chi connectivity index (χ4v) is 2.48. The van der Waals surface area contributed by atoms with Crippen molar-refractivity contribution in [2.45, 2.75) is 25.3 Å².